The molecule has 3 heterocycles. The van der Waals surface area contributed by atoms with Crippen LogP contribution >= 0.6 is 0 Å². The molecule has 1 saturated heterocycles. The van der Waals surface area contributed by atoms with Crippen LogP contribution in [-0.2, 0) is 13.1 Å². The van der Waals surface area contributed by atoms with E-state index >= 15 is 0 Å². The molecule has 0 radical (unpaired) electrons. The minimum atomic E-state index is 0.752. The molecule has 0 atom stereocenters. The fourth-order valence-electron chi connectivity index (χ4n) is 2.83. The first-order chi connectivity index (χ1) is 11.2. The van der Waals surface area contributed by atoms with Gasteiger partial charge in [-0.2, -0.15) is 0 Å². The lowest BCUT2D eigenvalue weighted by atomic mass is 10.2. The summed E-state index contributed by atoms with van der Waals surface area (Å²) in [6, 6.07) is 4.07. The highest BCUT2D eigenvalue weighted by Gasteiger charge is 2.14. The number of nitrogens with zero attached hydrogens (tertiary/aromatic N) is 5. The number of rotatable bonds is 6. The van der Waals surface area contributed by atoms with E-state index in [0.29, 0.717) is 0 Å². The molecule has 0 aliphatic carbocycles. The van der Waals surface area contributed by atoms with E-state index in [4.69, 9.17) is 0 Å². The van der Waals surface area contributed by atoms with E-state index in [1.165, 1.54) is 18.4 Å². The molecule has 1 N–H and O–H groups in total. The number of hydrogen-bond acceptors (Lipinski definition) is 6. The highest BCUT2D eigenvalue weighted by atomic mass is 15.3. The molecule has 0 aromatic carbocycles. The van der Waals surface area contributed by atoms with Crippen LogP contribution in [0.25, 0.3) is 0 Å². The van der Waals surface area contributed by atoms with Crippen LogP contribution < -0.4 is 15.1 Å². The molecule has 0 saturated carbocycles. The minimum absolute atomic E-state index is 0.752. The molecule has 0 spiro atoms. The van der Waals surface area contributed by atoms with Crippen molar-refractivity contribution < 1.29 is 0 Å². The van der Waals surface area contributed by atoms with Crippen LogP contribution in [0.4, 0.5) is 11.8 Å². The normalized spacial score (nSPS) is 14.3. The molecule has 3 rings (SSSR count). The molecule has 2 aromatic heterocycles. The maximum atomic E-state index is 4.49. The highest BCUT2D eigenvalue weighted by Crippen LogP contribution is 2.16. The van der Waals surface area contributed by atoms with Gasteiger partial charge in [-0.25, -0.2) is 15.0 Å². The molecular formula is C17H24N6. The second-order valence-corrected chi connectivity index (χ2v) is 6.07. The third-order valence-corrected chi connectivity index (χ3v) is 4.02. The lowest BCUT2D eigenvalue weighted by molar-refractivity contribution is 0.685. The van der Waals surface area contributed by atoms with E-state index in [-0.39, 0.29) is 0 Å². The SMILES string of the molecule is CN(C)c1ncccc1CNCc1cnc(N2CCCC2)nc1. The Morgan fingerprint density at radius 2 is 1.83 bits per heavy atom. The van der Waals surface area contributed by atoms with Crippen LogP contribution in [0.2, 0.25) is 0 Å². The lowest BCUT2D eigenvalue weighted by Crippen LogP contribution is -2.21. The number of aromatic nitrogens is 3. The van der Waals surface area contributed by atoms with Gasteiger partial charge in [0.15, 0.2) is 0 Å². The van der Waals surface area contributed by atoms with Gasteiger partial charge in [0.2, 0.25) is 5.95 Å². The van der Waals surface area contributed by atoms with Crippen LogP contribution in [0.1, 0.15) is 24.0 Å². The predicted molar refractivity (Wildman–Crippen MR) is 92.6 cm³/mol. The fourth-order valence-corrected chi connectivity index (χ4v) is 2.83. The summed E-state index contributed by atoms with van der Waals surface area (Å²) in [6.07, 6.45) is 8.15. The molecule has 6 heteroatoms. The van der Waals surface area contributed by atoms with Crippen molar-refractivity contribution in [3.63, 3.8) is 0 Å². The third-order valence-electron chi connectivity index (χ3n) is 4.02. The Bertz CT molecular complexity index is 619. The monoisotopic (exact) mass is 312 g/mol. The Kier molecular flexibility index (Phi) is 5.02. The summed E-state index contributed by atoms with van der Waals surface area (Å²) in [5, 5.41) is 3.44. The van der Waals surface area contributed by atoms with Gasteiger partial charge in [0, 0.05) is 70.0 Å². The van der Waals surface area contributed by atoms with Crippen molar-refractivity contribution in [1.82, 2.24) is 20.3 Å². The average molecular weight is 312 g/mol. The summed E-state index contributed by atoms with van der Waals surface area (Å²) in [6.45, 7) is 3.68. The van der Waals surface area contributed by atoms with Gasteiger partial charge >= 0.3 is 0 Å². The van der Waals surface area contributed by atoms with Crippen molar-refractivity contribution in [3.8, 4) is 0 Å². The Balaban J connectivity index is 1.54. The minimum Gasteiger partial charge on any atom is -0.362 e. The Hall–Kier alpha value is -2.21. The smallest absolute Gasteiger partial charge is 0.225 e. The lowest BCUT2D eigenvalue weighted by Gasteiger charge is -2.16. The molecule has 0 amide bonds. The van der Waals surface area contributed by atoms with Crippen LogP contribution in [-0.4, -0.2) is 42.1 Å². The molecule has 2 aromatic rings. The highest BCUT2D eigenvalue weighted by molar-refractivity contribution is 5.45. The zero-order chi connectivity index (χ0) is 16.1. The maximum absolute atomic E-state index is 4.49. The second-order valence-electron chi connectivity index (χ2n) is 6.07. The second kappa shape index (κ2) is 7.37. The summed E-state index contributed by atoms with van der Waals surface area (Å²) in [7, 11) is 4.02. The quantitative estimate of drug-likeness (QED) is 0.878. The van der Waals surface area contributed by atoms with Crippen molar-refractivity contribution in [3.05, 3.63) is 41.9 Å². The van der Waals surface area contributed by atoms with Crippen LogP contribution in [0.15, 0.2) is 30.7 Å². The molecule has 1 aliphatic heterocycles. The number of anilines is 2. The van der Waals surface area contributed by atoms with E-state index in [1.807, 2.05) is 43.7 Å². The molecule has 1 aliphatic rings. The van der Waals surface area contributed by atoms with Crippen molar-refractivity contribution in [2.75, 3.05) is 37.0 Å². The van der Waals surface area contributed by atoms with E-state index in [9.17, 15) is 0 Å². The van der Waals surface area contributed by atoms with Gasteiger partial charge in [0.05, 0.1) is 0 Å². The summed E-state index contributed by atoms with van der Waals surface area (Å²) in [5.74, 6) is 1.86. The summed E-state index contributed by atoms with van der Waals surface area (Å²) in [5.41, 5.74) is 2.29. The van der Waals surface area contributed by atoms with Gasteiger partial charge in [0.25, 0.3) is 0 Å². The number of pyridine rings is 1. The van der Waals surface area contributed by atoms with Crippen molar-refractivity contribution >= 4 is 11.8 Å². The molecule has 0 unspecified atom stereocenters. The predicted octanol–water partition coefficient (Wildman–Crippen LogP) is 1.83. The summed E-state index contributed by atoms with van der Waals surface area (Å²) in [4.78, 5) is 17.7. The van der Waals surface area contributed by atoms with E-state index in [1.54, 1.807) is 0 Å². The average Bonchev–Trinajstić information content (AvgIpc) is 3.10. The molecule has 6 nitrogen and oxygen atoms in total. The van der Waals surface area contributed by atoms with Gasteiger partial charge in [-0.05, 0) is 18.9 Å². The summed E-state index contributed by atoms with van der Waals surface area (Å²) < 4.78 is 0. The van der Waals surface area contributed by atoms with Crippen LogP contribution in [0.5, 0.6) is 0 Å². The molecule has 23 heavy (non-hydrogen) atoms. The first-order valence-electron chi connectivity index (χ1n) is 8.12. The Labute approximate surface area is 137 Å². The molecule has 1 fully saturated rings. The van der Waals surface area contributed by atoms with Crippen LogP contribution in [0, 0.1) is 0 Å². The van der Waals surface area contributed by atoms with E-state index in [0.717, 1.165) is 43.5 Å². The molecule has 122 valence electrons. The van der Waals surface area contributed by atoms with E-state index in [2.05, 4.69) is 31.2 Å². The van der Waals surface area contributed by atoms with Crippen LogP contribution in [0.3, 0.4) is 0 Å². The van der Waals surface area contributed by atoms with Crippen molar-refractivity contribution in [2.45, 2.75) is 25.9 Å². The standard InChI is InChI=1S/C17H24N6/c1-22(2)16-15(6-5-7-19-16)13-18-10-14-11-20-17(21-12-14)23-8-3-4-9-23/h5-7,11-12,18H,3-4,8-10,13H2,1-2H3. The van der Waals surface area contributed by atoms with E-state index < -0.39 is 0 Å². The molecule has 0 bridgehead atoms. The first-order valence-corrected chi connectivity index (χ1v) is 8.12. The van der Waals surface area contributed by atoms with Gasteiger partial charge in [0.1, 0.15) is 5.82 Å². The zero-order valence-electron chi connectivity index (χ0n) is 13.9. The Morgan fingerprint density at radius 1 is 1.09 bits per heavy atom. The Morgan fingerprint density at radius 3 is 2.52 bits per heavy atom. The maximum Gasteiger partial charge on any atom is 0.225 e. The zero-order valence-corrected chi connectivity index (χ0v) is 13.9. The fraction of sp³-hybridized carbons (Fsp3) is 0.471. The number of nitrogens with one attached hydrogen (secondary N) is 1. The van der Waals surface area contributed by atoms with Crippen molar-refractivity contribution in [2.24, 2.45) is 0 Å². The third kappa shape index (κ3) is 3.96. The van der Waals surface area contributed by atoms with Gasteiger partial charge < -0.3 is 15.1 Å². The van der Waals surface area contributed by atoms with Gasteiger partial charge in [-0.3, -0.25) is 0 Å². The van der Waals surface area contributed by atoms with Gasteiger partial charge in [-0.15, -0.1) is 0 Å². The number of hydrogen-bond donors (Lipinski definition) is 1. The topological polar surface area (TPSA) is 57.2 Å². The molecular weight excluding hydrogens is 288 g/mol. The first kappa shape index (κ1) is 15.7. The summed E-state index contributed by atoms with van der Waals surface area (Å²) >= 11 is 0. The van der Waals surface area contributed by atoms with Crippen molar-refractivity contribution in [1.29, 1.82) is 0 Å². The van der Waals surface area contributed by atoms with Gasteiger partial charge in [-0.1, -0.05) is 6.07 Å². The largest absolute Gasteiger partial charge is 0.362 e.